The Hall–Kier alpha value is -1.32. The molecule has 0 amide bonds. The van der Waals surface area contributed by atoms with Gasteiger partial charge in [0.15, 0.2) is 0 Å². The Labute approximate surface area is 103 Å². The number of hydrogen-bond acceptors (Lipinski definition) is 3. The molecule has 1 rings (SSSR count). The van der Waals surface area contributed by atoms with E-state index in [-0.39, 0.29) is 6.61 Å². The molecule has 0 aliphatic heterocycles. The third-order valence-corrected chi connectivity index (χ3v) is 2.75. The monoisotopic (exact) mass is 235 g/mol. The zero-order valence-corrected chi connectivity index (χ0v) is 10.3. The van der Waals surface area contributed by atoms with Gasteiger partial charge in [-0.2, -0.15) is 0 Å². The van der Waals surface area contributed by atoms with Crippen molar-refractivity contribution < 1.29 is 10.2 Å². The highest BCUT2D eigenvalue weighted by Gasteiger charge is 2.07. The minimum Gasteiger partial charge on any atom is -0.395 e. The average molecular weight is 235 g/mol. The molecule has 0 saturated carbocycles. The maximum atomic E-state index is 9.70. The van der Waals surface area contributed by atoms with Gasteiger partial charge in [0.05, 0.1) is 12.7 Å². The Morgan fingerprint density at radius 1 is 1.35 bits per heavy atom. The van der Waals surface area contributed by atoms with Crippen LogP contribution >= 0.6 is 0 Å². The van der Waals surface area contributed by atoms with Crippen LogP contribution in [-0.4, -0.2) is 29.9 Å². The Kier molecular flexibility index (Phi) is 5.73. The molecule has 0 aromatic heterocycles. The van der Waals surface area contributed by atoms with Crippen LogP contribution in [0.5, 0.6) is 0 Å². The van der Waals surface area contributed by atoms with Crippen LogP contribution in [0.3, 0.4) is 0 Å². The van der Waals surface area contributed by atoms with E-state index >= 15 is 0 Å². The second kappa shape index (κ2) is 7.09. The first kappa shape index (κ1) is 13.7. The number of hydrogen-bond donors (Lipinski definition) is 2. The molecule has 17 heavy (non-hydrogen) atoms. The molecule has 0 saturated heterocycles. The molecular formula is C14H21NO2. The van der Waals surface area contributed by atoms with Crippen LogP contribution in [0.1, 0.15) is 25.0 Å². The lowest BCUT2D eigenvalue weighted by atomic mass is 10.1. The molecule has 0 radical (unpaired) electrons. The van der Waals surface area contributed by atoms with E-state index in [9.17, 15) is 5.11 Å². The molecule has 1 aromatic carbocycles. The summed E-state index contributed by atoms with van der Waals surface area (Å²) in [5.41, 5.74) is 1.96. The van der Waals surface area contributed by atoms with Crippen molar-refractivity contribution in [1.82, 2.24) is 0 Å². The van der Waals surface area contributed by atoms with Gasteiger partial charge in [0.1, 0.15) is 0 Å². The second-order valence-corrected chi connectivity index (χ2v) is 3.97. The fraction of sp³-hybridized carbons (Fsp3) is 0.429. The molecule has 1 atom stereocenters. The van der Waals surface area contributed by atoms with Crippen molar-refractivity contribution in [3.8, 4) is 0 Å². The molecule has 3 heteroatoms. The van der Waals surface area contributed by atoms with Crippen LogP contribution in [0, 0.1) is 0 Å². The minimum absolute atomic E-state index is 0.118. The van der Waals surface area contributed by atoms with Gasteiger partial charge in [-0.1, -0.05) is 25.1 Å². The Morgan fingerprint density at radius 2 is 2.00 bits per heavy atom. The van der Waals surface area contributed by atoms with Crippen LogP contribution in [0.2, 0.25) is 0 Å². The van der Waals surface area contributed by atoms with Crippen molar-refractivity contribution in [3.63, 3.8) is 0 Å². The Bertz CT molecular complexity index is 335. The first-order valence-electron chi connectivity index (χ1n) is 5.97. The van der Waals surface area contributed by atoms with Gasteiger partial charge in [0, 0.05) is 18.8 Å². The van der Waals surface area contributed by atoms with E-state index in [1.54, 1.807) is 0 Å². The molecule has 0 aliphatic carbocycles. The molecule has 3 nitrogen and oxygen atoms in total. The van der Waals surface area contributed by atoms with Crippen LogP contribution < -0.4 is 4.90 Å². The van der Waals surface area contributed by atoms with Gasteiger partial charge in [-0.25, -0.2) is 0 Å². The average Bonchev–Trinajstić information content (AvgIpc) is 2.38. The maximum Gasteiger partial charge on any atom is 0.0787 e. The van der Waals surface area contributed by atoms with Crippen LogP contribution in [-0.2, 0) is 0 Å². The third kappa shape index (κ3) is 3.88. The number of rotatable bonds is 7. The largest absolute Gasteiger partial charge is 0.395 e. The first-order chi connectivity index (χ1) is 8.22. The maximum absolute atomic E-state index is 9.70. The van der Waals surface area contributed by atoms with Crippen molar-refractivity contribution >= 4 is 5.69 Å². The molecule has 1 unspecified atom stereocenters. The summed E-state index contributed by atoms with van der Waals surface area (Å²) in [6, 6.07) is 7.79. The van der Waals surface area contributed by atoms with E-state index in [0.717, 1.165) is 11.3 Å². The second-order valence-electron chi connectivity index (χ2n) is 3.97. The summed E-state index contributed by atoms with van der Waals surface area (Å²) in [5, 5.41) is 18.7. The standard InChI is InChI=1S/C14H21NO2/c1-3-9-15(10-11-16)13-7-5-12(6-8-13)14(17)4-2/h3,5-8,14,16-17H,1,4,9-11H2,2H3. The van der Waals surface area contributed by atoms with E-state index in [1.807, 2.05) is 42.2 Å². The summed E-state index contributed by atoms with van der Waals surface area (Å²) in [6.07, 6.45) is 2.13. The van der Waals surface area contributed by atoms with Crippen molar-refractivity contribution in [3.05, 3.63) is 42.5 Å². The molecule has 0 fully saturated rings. The number of aliphatic hydroxyl groups is 2. The smallest absolute Gasteiger partial charge is 0.0787 e. The SMILES string of the molecule is C=CCN(CCO)c1ccc(C(O)CC)cc1. The van der Waals surface area contributed by atoms with E-state index in [0.29, 0.717) is 19.5 Å². The number of anilines is 1. The predicted octanol–water partition coefficient (Wildman–Crippen LogP) is 2.11. The van der Waals surface area contributed by atoms with Crippen molar-refractivity contribution in [2.75, 3.05) is 24.6 Å². The van der Waals surface area contributed by atoms with E-state index in [4.69, 9.17) is 5.11 Å². The van der Waals surface area contributed by atoms with Gasteiger partial charge >= 0.3 is 0 Å². The minimum atomic E-state index is -0.394. The summed E-state index contributed by atoms with van der Waals surface area (Å²) in [4.78, 5) is 2.04. The summed E-state index contributed by atoms with van der Waals surface area (Å²) in [7, 11) is 0. The van der Waals surface area contributed by atoms with Crippen LogP contribution in [0.25, 0.3) is 0 Å². The van der Waals surface area contributed by atoms with Crippen molar-refractivity contribution in [2.45, 2.75) is 19.4 Å². The molecule has 2 N–H and O–H groups in total. The number of aliphatic hydroxyl groups excluding tert-OH is 2. The molecule has 94 valence electrons. The predicted molar refractivity (Wildman–Crippen MR) is 71.2 cm³/mol. The fourth-order valence-corrected chi connectivity index (χ4v) is 1.75. The normalized spacial score (nSPS) is 12.2. The number of nitrogens with zero attached hydrogens (tertiary/aromatic N) is 1. The highest BCUT2D eigenvalue weighted by molar-refractivity contribution is 5.48. The molecule has 0 bridgehead atoms. The quantitative estimate of drug-likeness (QED) is 0.711. The first-order valence-corrected chi connectivity index (χ1v) is 5.97. The van der Waals surface area contributed by atoms with Gasteiger partial charge < -0.3 is 15.1 Å². The zero-order chi connectivity index (χ0) is 12.7. The summed E-state index contributed by atoms with van der Waals surface area (Å²) in [5.74, 6) is 0. The van der Waals surface area contributed by atoms with Crippen LogP contribution in [0.4, 0.5) is 5.69 Å². The van der Waals surface area contributed by atoms with Crippen molar-refractivity contribution in [2.24, 2.45) is 0 Å². The molecular weight excluding hydrogens is 214 g/mol. The molecule has 0 spiro atoms. The van der Waals surface area contributed by atoms with Gasteiger partial charge in [0.25, 0.3) is 0 Å². The van der Waals surface area contributed by atoms with Crippen LogP contribution in [0.15, 0.2) is 36.9 Å². The van der Waals surface area contributed by atoms with Gasteiger partial charge in [-0.05, 0) is 24.1 Å². The lowest BCUT2D eigenvalue weighted by molar-refractivity contribution is 0.173. The number of benzene rings is 1. The van der Waals surface area contributed by atoms with Gasteiger partial charge in [-0.15, -0.1) is 6.58 Å². The van der Waals surface area contributed by atoms with Gasteiger partial charge in [-0.3, -0.25) is 0 Å². The van der Waals surface area contributed by atoms with E-state index in [1.165, 1.54) is 0 Å². The fourth-order valence-electron chi connectivity index (χ4n) is 1.75. The summed E-state index contributed by atoms with van der Waals surface area (Å²) in [6.45, 7) is 7.06. The third-order valence-electron chi connectivity index (χ3n) is 2.75. The summed E-state index contributed by atoms with van der Waals surface area (Å²) >= 11 is 0. The Morgan fingerprint density at radius 3 is 2.47 bits per heavy atom. The Balaban J connectivity index is 2.79. The molecule has 0 aliphatic rings. The van der Waals surface area contributed by atoms with Gasteiger partial charge in [0.2, 0.25) is 0 Å². The lowest BCUT2D eigenvalue weighted by Crippen LogP contribution is -2.26. The lowest BCUT2D eigenvalue weighted by Gasteiger charge is -2.22. The molecule has 0 heterocycles. The molecule has 1 aromatic rings. The topological polar surface area (TPSA) is 43.7 Å². The van der Waals surface area contributed by atoms with E-state index < -0.39 is 6.10 Å². The summed E-state index contributed by atoms with van der Waals surface area (Å²) < 4.78 is 0. The zero-order valence-electron chi connectivity index (χ0n) is 10.3. The highest BCUT2D eigenvalue weighted by atomic mass is 16.3. The van der Waals surface area contributed by atoms with E-state index in [2.05, 4.69) is 6.58 Å². The highest BCUT2D eigenvalue weighted by Crippen LogP contribution is 2.20. The van der Waals surface area contributed by atoms with Crippen molar-refractivity contribution in [1.29, 1.82) is 0 Å².